The molecule has 2 aromatic rings. The van der Waals surface area contributed by atoms with Gasteiger partial charge < -0.3 is 15.4 Å². The minimum absolute atomic E-state index is 0.0312. The van der Waals surface area contributed by atoms with Crippen molar-refractivity contribution in [1.82, 2.24) is 15.3 Å². The van der Waals surface area contributed by atoms with Gasteiger partial charge in [-0.3, -0.25) is 4.79 Å². The SMILES string of the molecule is Cc1nc2c([nH]1)C[C@@H](C(=O)N[C@H]1c3ccccc3C[C@@H]1O)CC2. The van der Waals surface area contributed by atoms with E-state index in [1.54, 1.807) is 0 Å². The van der Waals surface area contributed by atoms with Crippen molar-refractivity contribution in [2.24, 2.45) is 5.92 Å². The van der Waals surface area contributed by atoms with Crippen LogP contribution in [0.2, 0.25) is 0 Å². The molecule has 0 unspecified atom stereocenters. The molecular weight excluding hydrogens is 290 g/mol. The minimum atomic E-state index is -0.537. The number of fused-ring (bicyclic) bond motifs is 2. The second-order valence-corrected chi connectivity index (χ2v) is 6.64. The van der Waals surface area contributed by atoms with Crippen LogP contribution in [-0.4, -0.2) is 27.1 Å². The van der Waals surface area contributed by atoms with E-state index in [9.17, 15) is 9.90 Å². The minimum Gasteiger partial charge on any atom is -0.390 e. The summed E-state index contributed by atoms with van der Waals surface area (Å²) < 4.78 is 0. The van der Waals surface area contributed by atoms with Crippen molar-refractivity contribution in [2.75, 3.05) is 0 Å². The maximum Gasteiger partial charge on any atom is 0.224 e. The van der Waals surface area contributed by atoms with Crippen LogP contribution in [0.15, 0.2) is 24.3 Å². The van der Waals surface area contributed by atoms with Crippen molar-refractivity contribution >= 4 is 5.91 Å². The average molecular weight is 311 g/mol. The molecule has 4 rings (SSSR count). The Balaban J connectivity index is 1.49. The number of rotatable bonds is 2. The third-order valence-electron chi connectivity index (χ3n) is 5.04. The van der Waals surface area contributed by atoms with Crippen molar-refractivity contribution in [2.45, 2.75) is 44.8 Å². The van der Waals surface area contributed by atoms with Crippen LogP contribution in [0.5, 0.6) is 0 Å². The molecule has 1 aromatic heterocycles. The number of amides is 1. The molecule has 1 amide bonds. The van der Waals surface area contributed by atoms with E-state index in [1.165, 1.54) is 0 Å². The van der Waals surface area contributed by atoms with Crippen LogP contribution in [0.3, 0.4) is 0 Å². The highest BCUT2D eigenvalue weighted by Crippen LogP contribution is 2.32. The van der Waals surface area contributed by atoms with Crippen molar-refractivity contribution in [3.8, 4) is 0 Å². The molecular formula is C18H21N3O2. The van der Waals surface area contributed by atoms with Crippen LogP contribution >= 0.6 is 0 Å². The molecule has 0 spiro atoms. The fourth-order valence-electron chi connectivity index (χ4n) is 3.87. The molecule has 0 bridgehead atoms. The Kier molecular flexibility index (Phi) is 3.45. The summed E-state index contributed by atoms with van der Waals surface area (Å²) in [5, 5.41) is 13.4. The van der Waals surface area contributed by atoms with Gasteiger partial charge in [-0.25, -0.2) is 4.98 Å². The number of imidazole rings is 1. The average Bonchev–Trinajstić information content (AvgIpc) is 3.06. The summed E-state index contributed by atoms with van der Waals surface area (Å²) in [4.78, 5) is 20.4. The number of aliphatic hydroxyl groups is 1. The Bertz CT molecular complexity index is 752. The summed E-state index contributed by atoms with van der Waals surface area (Å²) in [6.45, 7) is 1.94. The number of aromatic amines is 1. The second kappa shape index (κ2) is 5.49. The van der Waals surface area contributed by atoms with Crippen LogP contribution in [0.25, 0.3) is 0 Å². The zero-order valence-electron chi connectivity index (χ0n) is 13.2. The molecule has 3 N–H and O–H groups in total. The maximum absolute atomic E-state index is 12.7. The Morgan fingerprint density at radius 2 is 2.17 bits per heavy atom. The Labute approximate surface area is 135 Å². The first-order chi connectivity index (χ1) is 11.1. The summed E-state index contributed by atoms with van der Waals surface area (Å²) >= 11 is 0. The molecule has 120 valence electrons. The number of carbonyl (C=O) groups is 1. The Hall–Kier alpha value is -2.14. The van der Waals surface area contributed by atoms with Crippen molar-refractivity contribution < 1.29 is 9.90 Å². The molecule has 5 heteroatoms. The first kappa shape index (κ1) is 14.5. The van der Waals surface area contributed by atoms with Crippen LogP contribution in [0.4, 0.5) is 0 Å². The molecule has 5 nitrogen and oxygen atoms in total. The molecule has 0 saturated carbocycles. The molecule has 1 aromatic carbocycles. The zero-order valence-corrected chi connectivity index (χ0v) is 13.2. The van der Waals surface area contributed by atoms with Gasteiger partial charge in [0.1, 0.15) is 5.82 Å². The number of nitrogens with one attached hydrogen (secondary N) is 2. The van der Waals surface area contributed by atoms with E-state index in [2.05, 4.69) is 15.3 Å². The third-order valence-corrected chi connectivity index (χ3v) is 5.04. The number of carbonyl (C=O) groups excluding carboxylic acids is 1. The molecule has 0 saturated heterocycles. The monoisotopic (exact) mass is 311 g/mol. The first-order valence-electron chi connectivity index (χ1n) is 8.22. The fraction of sp³-hybridized carbons (Fsp3) is 0.444. The van der Waals surface area contributed by atoms with Gasteiger partial charge in [-0.2, -0.15) is 0 Å². The predicted octanol–water partition coefficient (Wildman–Crippen LogP) is 1.60. The molecule has 0 aliphatic heterocycles. The van der Waals surface area contributed by atoms with Gasteiger partial charge in [0.05, 0.1) is 17.8 Å². The summed E-state index contributed by atoms with van der Waals surface area (Å²) in [7, 11) is 0. The van der Waals surface area contributed by atoms with Crippen molar-refractivity contribution in [3.05, 3.63) is 52.6 Å². The lowest BCUT2D eigenvalue weighted by Crippen LogP contribution is -2.39. The van der Waals surface area contributed by atoms with E-state index in [4.69, 9.17) is 0 Å². The Morgan fingerprint density at radius 3 is 3.04 bits per heavy atom. The summed E-state index contributed by atoms with van der Waals surface area (Å²) in [5.74, 6) is 0.891. The van der Waals surface area contributed by atoms with E-state index in [-0.39, 0.29) is 17.9 Å². The number of benzene rings is 1. The highest BCUT2D eigenvalue weighted by molar-refractivity contribution is 5.80. The first-order valence-corrected chi connectivity index (χ1v) is 8.22. The standard InChI is InChI=1S/C18H21N3O2/c1-10-19-14-7-6-12(8-15(14)20-10)18(23)21-17-13-5-3-2-4-11(13)9-16(17)22/h2-5,12,16-17,22H,6-9H2,1H3,(H,19,20)(H,21,23)/t12-,16-,17-/m0/s1. The topological polar surface area (TPSA) is 78.0 Å². The number of nitrogens with zero attached hydrogens (tertiary/aromatic N) is 1. The van der Waals surface area contributed by atoms with Gasteiger partial charge in [-0.15, -0.1) is 0 Å². The number of hydrogen-bond acceptors (Lipinski definition) is 3. The number of aliphatic hydroxyl groups excluding tert-OH is 1. The highest BCUT2D eigenvalue weighted by atomic mass is 16.3. The molecule has 0 fully saturated rings. The highest BCUT2D eigenvalue weighted by Gasteiger charge is 2.34. The number of aromatic nitrogens is 2. The van der Waals surface area contributed by atoms with Gasteiger partial charge in [0, 0.05) is 24.5 Å². The van der Waals surface area contributed by atoms with Crippen LogP contribution in [0, 0.1) is 12.8 Å². The smallest absolute Gasteiger partial charge is 0.224 e. The number of H-pyrrole nitrogens is 1. The largest absolute Gasteiger partial charge is 0.390 e. The molecule has 2 aliphatic rings. The Morgan fingerprint density at radius 1 is 1.35 bits per heavy atom. The zero-order chi connectivity index (χ0) is 16.0. The van der Waals surface area contributed by atoms with Crippen molar-refractivity contribution in [1.29, 1.82) is 0 Å². The molecule has 0 radical (unpaired) electrons. The quantitative estimate of drug-likeness (QED) is 0.788. The van der Waals surface area contributed by atoms with E-state index in [1.807, 2.05) is 31.2 Å². The van der Waals surface area contributed by atoms with Gasteiger partial charge in [0.2, 0.25) is 5.91 Å². The second-order valence-electron chi connectivity index (χ2n) is 6.64. The van der Waals surface area contributed by atoms with Crippen molar-refractivity contribution in [3.63, 3.8) is 0 Å². The van der Waals surface area contributed by atoms with Gasteiger partial charge in [0.15, 0.2) is 0 Å². The van der Waals surface area contributed by atoms with Crippen LogP contribution < -0.4 is 5.32 Å². The van der Waals surface area contributed by atoms with E-state index < -0.39 is 6.10 Å². The van der Waals surface area contributed by atoms with E-state index in [0.717, 1.165) is 41.2 Å². The van der Waals surface area contributed by atoms with Gasteiger partial charge in [-0.1, -0.05) is 24.3 Å². The van der Waals surface area contributed by atoms with Gasteiger partial charge in [0.25, 0.3) is 0 Å². The maximum atomic E-state index is 12.7. The predicted molar refractivity (Wildman–Crippen MR) is 85.9 cm³/mol. The van der Waals surface area contributed by atoms with Gasteiger partial charge >= 0.3 is 0 Å². The fourth-order valence-corrected chi connectivity index (χ4v) is 3.87. The van der Waals surface area contributed by atoms with Crippen LogP contribution in [-0.2, 0) is 24.1 Å². The summed E-state index contributed by atoms with van der Waals surface area (Å²) in [5.41, 5.74) is 4.35. The number of aryl methyl sites for hydroxylation is 2. The van der Waals surface area contributed by atoms with E-state index >= 15 is 0 Å². The third kappa shape index (κ3) is 2.55. The van der Waals surface area contributed by atoms with E-state index in [0.29, 0.717) is 12.8 Å². The summed E-state index contributed by atoms with van der Waals surface area (Å²) in [6, 6.07) is 7.65. The molecule has 23 heavy (non-hydrogen) atoms. The molecule has 3 atom stereocenters. The lowest BCUT2D eigenvalue weighted by Gasteiger charge is -2.24. The molecule has 2 aliphatic carbocycles. The lowest BCUT2D eigenvalue weighted by molar-refractivity contribution is -0.126. The number of hydrogen-bond donors (Lipinski definition) is 3. The normalized spacial score (nSPS) is 25.7. The molecule has 1 heterocycles. The summed E-state index contributed by atoms with van der Waals surface area (Å²) in [6.07, 6.45) is 2.42. The van der Waals surface area contributed by atoms with Gasteiger partial charge in [-0.05, 0) is 30.9 Å². The lowest BCUT2D eigenvalue weighted by atomic mass is 9.89. The van der Waals surface area contributed by atoms with Crippen LogP contribution in [0.1, 0.15) is 40.8 Å².